The van der Waals surface area contributed by atoms with E-state index in [1.54, 1.807) is 11.3 Å². The van der Waals surface area contributed by atoms with E-state index in [-0.39, 0.29) is 5.91 Å². The summed E-state index contributed by atoms with van der Waals surface area (Å²) in [5, 5.41) is 5.35. The van der Waals surface area contributed by atoms with Crippen molar-refractivity contribution in [2.45, 2.75) is 45.1 Å². The summed E-state index contributed by atoms with van der Waals surface area (Å²) in [4.78, 5) is 13.6. The highest BCUT2D eigenvalue weighted by Gasteiger charge is 2.48. The fraction of sp³-hybridized carbons (Fsp3) is 0.688. The SMILES string of the molecule is Cc1cc(C(=O)NC2C3CC4CC(C3)CC2C4)cs1. The number of carbonyl (C=O) groups is 1. The van der Waals surface area contributed by atoms with Crippen molar-refractivity contribution in [3.05, 3.63) is 21.9 Å². The van der Waals surface area contributed by atoms with Gasteiger partial charge >= 0.3 is 0 Å². The molecule has 0 radical (unpaired) electrons. The molecule has 4 saturated carbocycles. The van der Waals surface area contributed by atoms with Crippen molar-refractivity contribution in [2.75, 3.05) is 0 Å². The Balaban J connectivity index is 1.49. The smallest absolute Gasteiger partial charge is 0.252 e. The summed E-state index contributed by atoms with van der Waals surface area (Å²) in [6.45, 7) is 2.06. The molecule has 0 aliphatic heterocycles. The van der Waals surface area contributed by atoms with Crippen molar-refractivity contribution in [1.29, 1.82) is 0 Å². The zero-order chi connectivity index (χ0) is 13.0. The van der Waals surface area contributed by atoms with Crippen molar-refractivity contribution >= 4 is 17.2 Å². The molecule has 4 aliphatic rings. The van der Waals surface area contributed by atoms with Crippen LogP contribution in [0.4, 0.5) is 0 Å². The van der Waals surface area contributed by atoms with E-state index in [0.717, 1.165) is 29.2 Å². The van der Waals surface area contributed by atoms with Gasteiger partial charge in [-0.1, -0.05) is 0 Å². The van der Waals surface area contributed by atoms with E-state index >= 15 is 0 Å². The first-order valence-electron chi connectivity index (χ1n) is 7.55. The minimum absolute atomic E-state index is 0.154. The molecule has 4 fully saturated rings. The van der Waals surface area contributed by atoms with Gasteiger partial charge in [-0.2, -0.15) is 0 Å². The number of rotatable bonds is 2. The molecule has 0 aromatic carbocycles. The maximum Gasteiger partial charge on any atom is 0.252 e. The predicted molar refractivity (Wildman–Crippen MR) is 77.4 cm³/mol. The first-order valence-corrected chi connectivity index (χ1v) is 8.43. The topological polar surface area (TPSA) is 29.1 Å². The van der Waals surface area contributed by atoms with Gasteiger partial charge < -0.3 is 5.32 Å². The first-order chi connectivity index (χ1) is 9.19. The molecule has 1 aromatic heterocycles. The van der Waals surface area contributed by atoms with Crippen molar-refractivity contribution < 1.29 is 4.79 Å². The Bertz CT molecular complexity index is 479. The molecular weight excluding hydrogens is 254 g/mol. The van der Waals surface area contributed by atoms with Crippen LogP contribution in [0.1, 0.15) is 47.3 Å². The molecule has 19 heavy (non-hydrogen) atoms. The maximum atomic E-state index is 12.3. The van der Waals surface area contributed by atoms with Gasteiger partial charge in [-0.05, 0) is 68.8 Å². The second-order valence-electron chi connectivity index (χ2n) is 6.88. The van der Waals surface area contributed by atoms with Crippen LogP contribution < -0.4 is 5.32 Å². The van der Waals surface area contributed by atoms with Crippen molar-refractivity contribution in [2.24, 2.45) is 23.7 Å². The minimum Gasteiger partial charge on any atom is -0.349 e. The van der Waals surface area contributed by atoms with E-state index in [9.17, 15) is 4.79 Å². The molecule has 2 nitrogen and oxygen atoms in total. The molecule has 0 unspecified atom stereocenters. The average Bonchev–Trinajstić information content (AvgIpc) is 2.79. The highest BCUT2D eigenvalue weighted by Crippen LogP contribution is 2.53. The maximum absolute atomic E-state index is 12.3. The Kier molecular flexibility index (Phi) is 2.73. The lowest BCUT2D eigenvalue weighted by Crippen LogP contribution is -2.55. The second-order valence-corrected chi connectivity index (χ2v) is 7.99. The number of hydrogen-bond acceptors (Lipinski definition) is 2. The number of hydrogen-bond donors (Lipinski definition) is 1. The minimum atomic E-state index is 0.154. The third kappa shape index (κ3) is 2.03. The molecule has 1 N–H and O–H groups in total. The highest BCUT2D eigenvalue weighted by molar-refractivity contribution is 7.10. The van der Waals surface area contributed by atoms with E-state index in [1.807, 2.05) is 11.4 Å². The zero-order valence-corrected chi connectivity index (χ0v) is 12.2. The van der Waals surface area contributed by atoms with Crippen LogP contribution in [-0.4, -0.2) is 11.9 Å². The zero-order valence-electron chi connectivity index (χ0n) is 11.4. The molecule has 1 amide bonds. The number of carbonyl (C=O) groups excluding carboxylic acids is 1. The van der Waals surface area contributed by atoms with Crippen LogP contribution in [0.15, 0.2) is 11.4 Å². The van der Waals surface area contributed by atoms with Gasteiger partial charge in [0.1, 0.15) is 0 Å². The quantitative estimate of drug-likeness (QED) is 0.877. The molecule has 5 rings (SSSR count). The van der Waals surface area contributed by atoms with Crippen molar-refractivity contribution in [1.82, 2.24) is 5.32 Å². The summed E-state index contributed by atoms with van der Waals surface area (Å²) in [5.74, 6) is 3.62. The number of aryl methyl sites for hydroxylation is 1. The Morgan fingerprint density at radius 2 is 1.79 bits per heavy atom. The van der Waals surface area contributed by atoms with Gasteiger partial charge in [0.05, 0.1) is 5.56 Å². The van der Waals surface area contributed by atoms with Crippen molar-refractivity contribution in [3.8, 4) is 0 Å². The highest BCUT2D eigenvalue weighted by atomic mass is 32.1. The lowest BCUT2D eigenvalue weighted by molar-refractivity contribution is -0.0119. The number of thiophene rings is 1. The average molecular weight is 275 g/mol. The number of amides is 1. The summed E-state index contributed by atoms with van der Waals surface area (Å²) in [5.41, 5.74) is 0.858. The number of nitrogens with one attached hydrogen (secondary N) is 1. The predicted octanol–water partition coefficient (Wildman–Crippen LogP) is 3.61. The van der Waals surface area contributed by atoms with E-state index in [4.69, 9.17) is 0 Å². The largest absolute Gasteiger partial charge is 0.349 e. The Morgan fingerprint density at radius 1 is 1.16 bits per heavy atom. The monoisotopic (exact) mass is 275 g/mol. The van der Waals surface area contributed by atoms with Crippen LogP contribution in [0.25, 0.3) is 0 Å². The van der Waals surface area contributed by atoms with E-state index < -0.39 is 0 Å². The lowest BCUT2D eigenvalue weighted by Gasteiger charge is -2.54. The summed E-state index contributed by atoms with van der Waals surface area (Å²) in [7, 11) is 0. The van der Waals surface area contributed by atoms with Gasteiger partial charge in [0.25, 0.3) is 5.91 Å². The lowest BCUT2D eigenvalue weighted by atomic mass is 9.54. The van der Waals surface area contributed by atoms with Gasteiger partial charge in [0.15, 0.2) is 0 Å². The van der Waals surface area contributed by atoms with Crippen LogP contribution in [0.5, 0.6) is 0 Å². The van der Waals surface area contributed by atoms with Gasteiger partial charge in [-0.3, -0.25) is 4.79 Å². The van der Waals surface area contributed by atoms with E-state index in [2.05, 4.69) is 12.2 Å². The molecule has 1 heterocycles. The fourth-order valence-electron chi connectivity index (χ4n) is 4.96. The Morgan fingerprint density at radius 3 is 2.32 bits per heavy atom. The van der Waals surface area contributed by atoms with Crippen LogP contribution in [0.3, 0.4) is 0 Å². The van der Waals surface area contributed by atoms with Gasteiger partial charge in [0, 0.05) is 16.3 Å². The molecule has 102 valence electrons. The third-order valence-corrected chi connectivity index (χ3v) is 6.38. The first kappa shape index (κ1) is 12.0. The van der Waals surface area contributed by atoms with Gasteiger partial charge in [-0.15, -0.1) is 11.3 Å². The summed E-state index contributed by atoms with van der Waals surface area (Å²) < 4.78 is 0. The standard InChI is InChI=1S/C16H21NOS/c1-9-2-14(8-19-9)16(18)17-15-12-4-10-3-11(6-12)7-13(15)5-10/h2,8,10-13,15H,3-7H2,1H3,(H,17,18). The fourth-order valence-corrected chi connectivity index (χ4v) is 5.64. The van der Waals surface area contributed by atoms with Crippen LogP contribution in [-0.2, 0) is 0 Å². The molecule has 0 spiro atoms. The van der Waals surface area contributed by atoms with E-state index in [1.165, 1.54) is 37.0 Å². The van der Waals surface area contributed by atoms with Crippen LogP contribution in [0.2, 0.25) is 0 Å². The van der Waals surface area contributed by atoms with Gasteiger partial charge in [0.2, 0.25) is 0 Å². The van der Waals surface area contributed by atoms with Crippen LogP contribution >= 0.6 is 11.3 Å². The molecule has 0 atom stereocenters. The summed E-state index contributed by atoms with van der Waals surface area (Å²) in [6.07, 6.45) is 6.92. The van der Waals surface area contributed by atoms with Crippen LogP contribution in [0, 0.1) is 30.6 Å². The van der Waals surface area contributed by atoms with Crippen molar-refractivity contribution in [3.63, 3.8) is 0 Å². The van der Waals surface area contributed by atoms with Gasteiger partial charge in [-0.25, -0.2) is 0 Å². The molecule has 4 aliphatic carbocycles. The van der Waals surface area contributed by atoms with E-state index in [0.29, 0.717) is 6.04 Å². The molecule has 1 aromatic rings. The Hall–Kier alpha value is -0.830. The molecule has 4 bridgehead atoms. The summed E-state index contributed by atoms with van der Waals surface area (Å²) >= 11 is 1.66. The third-order valence-electron chi connectivity index (χ3n) is 5.52. The molecule has 3 heteroatoms. The summed E-state index contributed by atoms with van der Waals surface area (Å²) in [6, 6.07) is 2.47. The Labute approximate surface area is 118 Å². The second kappa shape index (κ2) is 4.34. The molecular formula is C16H21NOS. The molecule has 0 saturated heterocycles. The normalized spacial score (nSPS) is 39.5.